The average molecular weight is 302 g/mol. The van der Waals surface area contributed by atoms with E-state index >= 15 is 0 Å². The molecule has 1 atom stereocenters. The fraction of sp³-hybridized carbons (Fsp3) is 0.333. The van der Waals surface area contributed by atoms with Crippen LogP contribution in [0.2, 0.25) is 0 Å². The maximum Gasteiger partial charge on any atom is 0.262 e. The molecule has 5 nitrogen and oxygen atoms in total. The number of aromatic nitrogens is 3. The van der Waals surface area contributed by atoms with E-state index in [1.54, 1.807) is 0 Å². The van der Waals surface area contributed by atoms with E-state index in [9.17, 15) is 0 Å². The number of oxazole rings is 1. The van der Waals surface area contributed by atoms with Gasteiger partial charge in [-0.25, -0.2) is 9.97 Å². The Morgan fingerprint density at radius 2 is 2.14 bits per heavy atom. The van der Waals surface area contributed by atoms with Gasteiger partial charge in [-0.3, -0.25) is 0 Å². The summed E-state index contributed by atoms with van der Waals surface area (Å²) in [5, 5.41) is 1.53. The Balaban J connectivity index is 2.03. The first kappa shape index (κ1) is 14.2. The molecule has 110 valence electrons. The third-order valence-electron chi connectivity index (χ3n) is 3.30. The van der Waals surface area contributed by atoms with Gasteiger partial charge in [0, 0.05) is 18.7 Å². The lowest BCUT2D eigenvalue weighted by Crippen LogP contribution is -2.19. The molecule has 6 heteroatoms. The van der Waals surface area contributed by atoms with E-state index in [4.69, 9.17) is 10.2 Å². The van der Waals surface area contributed by atoms with Gasteiger partial charge in [-0.2, -0.15) is 0 Å². The lowest BCUT2D eigenvalue weighted by molar-refractivity contribution is 0.431. The number of hydrogen-bond acceptors (Lipinski definition) is 5. The smallest absolute Gasteiger partial charge is 0.262 e. The van der Waals surface area contributed by atoms with Gasteiger partial charge in [-0.05, 0) is 44.7 Å². The zero-order valence-electron chi connectivity index (χ0n) is 12.3. The van der Waals surface area contributed by atoms with Gasteiger partial charge in [0.25, 0.3) is 5.22 Å². The van der Waals surface area contributed by atoms with Gasteiger partial charge >= 0.3 is 0 Å². The lowest BCUT2D eigenvalue weighted by atomic mass is 10.2. The Bertz CT molecular complexity index is 756. The molecular formula is C15H18N4OS. The standard InChI is InChI=1S/C15H18N4OS/c1-9(16)8-12-14(18-13-6-4-5-7-19(12)13)21-15-17-10(2)11(3)20-15/h4-7,9H,8,16H2,1-3H3. The summed E-state index contributed by atoms with van der Waals surface area (Å²) in [6.07, 6.45) is 2.77. The topological polar surface area (TPSA) is 69.3 Å². The summed E-state index contributed by atoms with van der Waals surface area (Å²) in [6.45, 7) is 5.85. The monoisotopic (exact) mass is 302 g/mol. The Labute approximate surface area is 127 Å². The van der Waals surface area contributed by atoms with Crippen LogP contribution in [0.1, 0.15) is 24.1 Å². The van der Waals surface area contributed by atoms with Crippen LogP contribution in [-0.2, 0) is 6.42 Å². The first-order chi connectivity index (χ1) is 10.0. The highest BCUT2D eigenvalue weighted by atomic mass is 32.2. The Hall–Kier alpha value is -1.79. The molecule has 1 unspecified atom stereocenters. The molecule has 21 heavy (non-hydrogen) atoms. The number of imidazole rings is 1. The molecule has 3 rings (SSSR count). The summed E-state index contributed by atoms with van der Waals surface area (Å²) < 4.78 is 7.72. The van der Waals surface area contributed by atoms with Crippen molar-refractivity contribution >= 4 is 17.4 Å². The molecular weight excluding hydrogens is 284 g/mol. The largest absolute Gasteiger partial charge is 0.436 e. The predicted molar refractivity (Wildman–Crippen MR) is 82.6 cm³/mol. The third-order valence-corrected chi connectivity index (χ3v) is 4.17. The van der Waals surface area contributed by atoms with Crippen LogP contribution in [0.3, 0.4) is 0 Å². The number of nitrogens with two attached hydrogens (primary N) is 1. The SMILES string of the molecule is Cc1nc(Sc2nc3ccccn3c2CC(C)N)oc1C. The second kappa shape index (κ2) is 5.54. The van der Waals surface area contributed by atoms with Crippen LogP contribution in [-0.4, -0.2) is 20.4 Å². The zero-order valence-corrected chi connectivity index (χ0v) is 13.1. The summed E-state index contributed by atoms with van der Waals surface area (Å²) in [4.78, 5) is 9.08. The van der Waals surface area contributed by atoms with Gasteiger partial charge in [0.15, 0.2) is 0 Å². The van der Waals surface area contributed by atoms with Crippen LogP contribution in [0.4, 0.5) is 0 Å². The zero-order chi connectivity index (χ0) is 15.0. The molecule has 0 saturated carbocycles. The van der Waals surface area contributed by atoms with Crippen LogP contribution >= 0.6 is 11.8 Å². The molecule has 3 heterocycles. The number of rotatable bonds is 4. The molecule has 0 spiro atoms. The summed E-state index contributed by atoms with van der Waals surface area (Å²) in [7, 11) is 0. The summed E-state index contributed by atoms with van der Waals surface area (Å²) in [6, 6.07) is 6.03. The van der Waals surface area contributed by atoms with E-state index in [-0.39, 0.29) is 6.04 Å². The van der Waals surface area contributed by atoms with Crippen LogP contribution in [0.15, 0.2) is 39.1 Å². The number of fused-ring (bicyclic) bond motifs is 1. The Morgan fingerprint density at radius 3 is 2.81 bits per heavy atom. The molecule has 0 aliphatic carbocycles. The van der Waals surface area contributed by atoms with Crippen LogP contribution in [0.25, 0.3) is 5.65 Å². The molecule has 0 radical (unpaired) electrons. The minimum Gasteiger partial charge on any atom is -0.436 e. The van der Waals surface area contributed by atoms with Gasteiger partial charge in [-0.15, -0.1) is 0 Å². The van der Waals surface area contributed by atoms with E-state index in [0.717, 1.165) is 34.2 Å². The Morgan fingerprint density at radius 1 is 1.33 bits per heavy atom. The third kappa shape index (κ3) is 2.82. The molecule has 0 aliphatic rings. The Kier molecular flexibility index (Phi) is 3.73. The summed E-state index contributed by atoms with van der Waals surface area (Å²) in [5.41, 5.74) is 8.90. The van der Waals surface area contributed by atoms with Crippen molar-refractivity contribution in [3.05, 3.63) is 41.5 Å². The molecule has 3 aromatic heterocycles. The van der Waals surface area contributed by atoms with Crippen LogP contribution in [0.5, 0.6) is 0 Å². The van der Waals surface area contributed by atoms with Gasteiger partial charge in [0.05, 0.1) is 11.4 Å². The summed E-state index contributed by atoms with van der Waals surface area (Å²) >= 11 is 1.45. The highest BCUT2D eigenvalue weighted by molar-refractivity contribution is 7.99. The van der Waals surface area contributed by atoms with Crippen molar-refractivity contribution in [2.24, 2.45) is 5.73 Å². The quantitative estimate of drug-likeness (QED) is 0.802. The number of pyridine rings is 1. The fourth-order valence-corrected chi connectivity index (χ4v) is 3.12. The molecule has 0 fully saturated rings. The first-order valence-corrected chi connectivity index (χ1v) is 7.69. The maximum atomic E-state index is 5.98. The van der Waals surface area contributed by atoms with Gasteiger partial charge in [0.2, 0.25) is 0 Å². The fourth-order valence-electron chi connectivity index (χ4n) is 2.17. The van der Waals surface area contributed by atoms with Crippen molar-refractivity contribution in [2.45, 2.75) is 43.5 Å². The minimum atomic E-state index is 0.0671. The molecule has 0 aromatic carbocycles. The van der Waals surface area contributed by atoms with Gasteiger partial charge in [-0.1, -0.05) is 6.07 Å². The van der Waals surface area contributed by atoms with E-state index in [1.807, 2.05) is 45.2 Å². The predicted octanol–water partition coefficient (Wildman–Crippen LogP) is 2.98. The van der Waals surface area contributed by atoms with E-state index in [2.05, 4.69) is 14.4 Å². The highest BCUT2D eigenvalue weighted by Crippen LogP contribution is 2.31. The van der Waals surface area contributed by atoms with Gasteiger partial charge in [0.1, 0.15) is 16.4 Å². The van der Waals surface area contributed by atoms with Crippen molar-refractivity contribution in [3.63, 3.8) is 0 Å². The maximum absolute atomic E-state index is 5.98. The second-order valence-corrected chi connectivity index (χ2v) is 6.14. The molecule has 2 N–H and O–H groups in total. The number of nitrogens with zero attached hydrogens (tertiary/aromatic N) is 3. The highest BCUT2D eigenvalue weighted by Gasteiger charge is 2.17. The average Bonchev–Trinajstić information content (AvgIpc) is 2.91. The molecule has 0 aliphatic heterocycles. The van der Waals surface area contributed by atoms with Crippen molar-refractivity contribution in [3.8, 4) is 0 Å². The molecule has 3 aromatic rings. The normalized spacial score (nSPS) is 13.0. The van der Waals surface area contributed by atoms with E-state index < -0.39 is 0 Å². The number of aryl methyl sites for hydroxylation is 2. The number of hydrogen-bond donors (Lipinski definition) is 1. The molecule has 0 amide bonds. The van der Waals surface area contributed by atoms with Crippen molar-refractivity contribution in [2.75, 3.05) is 0 Å². The van der Waals surface area contributed by atoms with E-state index in [0.29, 0.717) is 5.22 Å². The lowest BCUT2D eigenvalue weighted by Gasteiger charge is -2.06. The second-order valence-electron chi connectivity index (χ2n) is 5.20. The van der Waals surface area contributed by atoms with Gasteiger partial charge < -0.3 is 14.6 Å². The molecule has 0 bridgehead atoms. The van der Waals surface area contributed by atoms with Crippen molar-refractivity contribution in [1.29, 1.82) is 0 Å². The first-order valence-electron chi connectivity index (χ1n) is 6.88. The van der Waals surface area contributed by atoms with Crippen molar-refractivity contribution in [1.82, 2.24) is 14.4 Å². The van der Waals surface area contributed by atoms with E-state index in [1.165, 1.54) is 11.8 Å². The van der Waals surface area contributed by atoms with Crippen LogP contribution in [0, 0.1) is 13.8 Å². The summed E-state index contributed by atoms with van der Waals surface area (Å²) in [5.74, 6) is 0.843. The van der Waals surface area contributed by atoms with Crippen LogP contribution < -0.4 is 5.73 Å². The van der Waals surface area contributed by atoms with Crippen molar-refractivity contribution < 1.29 is 4.42 Å². The minimum absolute atomic E-state index is 0.0671. The molecule has 0 saturated heterocycles.